The summed E-state index contributed by atoms with van der Waals surface area (Å²) in [6.07, 6.45) is 1.73. The van der Waals surface area contributed by atoms with E-state index in [9.17, 15) is 9.59 Å². The van der Waals surface area contributed by atoms with E-state index in [0.29, 0.717) is 30.3 Å². The Kier molecular flexibility index (Phi) is 3.74. The Morgan fingerprint density at radius 1 is 1.28 bits per heavy atom. The van der Waals surface area contributed by atoms with Gasteiger partial charge in [0.25, 0.3) is 0 Å². The number of hydrogen-bond donors (Lipinski definition) is 2. The molecule has 3 aliphatic rings. The molecule has 0 unspecified atom stereocenters. The third kappa shape index (κ3) is 2.99. The summed E-state index contributed by atoms with van der Waals surface area (Å²) in [6, 6.07) is 5.49. The minimum absolute atomic E-state index is 0.0185. The van der Waals surface area contributed by atoms with Gasteiger partial charge in [-0.05, 0) is 38.8 Å². The van der Waals surface area contributed by atoms with Crippen LogP contribution in [0.15, 0.2) is 18.2 Å². The lowest BCUT2D eigenvalue weighted by Crippen LogP contribution is -2.42. The highest BCUT2D eigenvalue weighted by Crippen LogP contribution is 2.58. The zero-order chi connectivity index (χ0) is 17.6. The first-order valence-electron chi connectivity index (χ1n) is 8.73. The number of fused-ring (bicyclic) bond motifs is 1. The van der Waals surface area contributed by atoms with Crippen LogP contribution in [0, 0.1) is 11.3 Å². The average molecular weight is 345 g/mol. The SMILES string of the molecule is CC(C)NC(=O)N1CC[C@]2(C[C@@H]2C(=O)Nc2ccc3c(c2)OCO3)C1. The molecule has 134 valence electrons. The van der Waals surface area contributed by atoms with E-state index in [1.807, 2.05) is 24.8 Å². The fraction of sp³-hybridized carbons (Fsp3) is 0.556. The van der Waals surface area contributed by atoms with Crippen molar-refractivity contribution >= 4 is 17.6 Å². The van der Waals surface area contributed by atoms with Gasteiger partial charge < -0.3 is 25.0 Å². The number of nitrogens with one attached hydrogen (secondary N) is 2. The molecule has 4 rings (SSSR count). The monoisotopic (exact) mass is 345 g/mol. The second kappa shape index (κ2) is 5.82. The highest BCUT2D eigenvalue weighted by atomic mass is 16.7. The standard InChI is InChI=1S/C18H23N3O4/c1-11(2)19-17(23)21-6-5-18(9-21)8-13(18)16(22)20-12-3-4-14-15(7-12)25-10-24-14/h3-4,7,11,13H,5-6,8-10H2,1-2H3,(H,19,23)(H,20,22)/t13-,18+/m1/s1. The van der Waals surface area contributed by atoms with Gasteiger partial charge in [0.1, 0.15) is 0 Å². The molecule has 1 saturated heterocycles. The lowest BCUT2D eigenvalue weighted by atomic mass is 10.0. The van der Waals surface area contributed by atoms with Crippen LogP contribution in [0.5, 0.6) is 11.5 Å². The zero-order valence-electron chi connectivity index (χ0n) is 14.5. The summed E-state index contributed by atoms with van der Waals surface area (Å²) < 4.78 is 10.6. The Morgan fingerprint density at radius 2 is 2.08 bits per heavy atom. The second-order valence-electron chi connectivity index (χ2n) is 7.45. The smallest absolute Gasteiger partial charge is 0.317 e. The second-order valence-corrected chi connectivity index (χ2v) is 7.45. The molecular formula is C18H23N3O4. The van der Waals surface area contributed by atoms with Gasteiger partial charge in [-0.15, -0.1) is 0 Å². The molecule has 2 fully saturated rings. The third-order valence-electron chi connectivity index (χ3n) is 5.23. The maximum atomic E-state index is 12.6. The summed E-state index contributed by atoms with van der Waals surface area (Å²) in [5, 5.41) is 5.89. The molecule has 1 aliphatic carbocycles. The summed E-state index contributed by atoms with van der Waals surface area (Å²) in [5.41, 5.74) is 0.665. The van der Waals surface area contributed by atoms with Gasteiger partial charge in [-0.3, -0.25) is 4.79 Å². The number of nitrogens with zero attached hydrogens (tertiary/aromatic N) is 1. The topological polar surface area (TPSA) is 79.9 Å². The maximum Gasteiger partial charge on any atom is 0.317 e. The van der Waals surface area contributed by atoms with Crippen LogP contribution in [0.25, 0.3) is 0 Å². The van der Waals surface area contributed by atoms with Gasteiger partial charge in [-0.25, -0.2) is 4.79 Å². The lowest BCUT2D eigenvalue weighted by molar-refractivity contribution is -0.118. The Labute approximate surface area is 146 Å². The van der Waals surface area contributed by atoms with Crippen molar-refractivity contribution in [3.8, 4) is 11.5 Å². The molecule has 0 aromatic heterocycles. The van der Waals surface area contributed by atoms with E-state index in [0.717, 1.165) is 12.8 Å². The number of likely N-dealkylation sites (tertiary alicyclic amines) is 1. The first-order chi connectivity index (χ1) is 12.0. The molecule has 2 aliphatic heterocycles. The van der Waals surface area contributed by atoms with Crippen molar-refractivity contribution in [3.05, 3.63) is 18.2 Å². The molecule has 1 aromatic carbocycles. The van der Waals surface area contributed by atoms with Crippen LogP contribution in [-0.2, 0) is 4.79 Å². The van der Waals surface area contributed by atoms with Crippen LogP contribution in [0.2, 0.25) is 0 Å². The molecule has 7 nitrogen and oxygen atoms in total. The summed E-state index contributed by atoms with van der Waals surface area (Å²) in [5.74, 6) is 1.34. The van der Waals surface area contributed by atoms with Crippen molar-refractivity contribution in [1.29, 1.82) is 0 Å². The highest BCUT2D eigenvalue weighted by Gasteiger charge is 2.61. The molecule has 3 amide bonds. The van der Waals surface area contributed by atoms with Crippen molar-refractivity contribution in [1.82, 2.24) is 10.2 Å². The van der Waals surface area contributed by atoms with Crippen LogP contribution in [0.1, 0.15) is 26.7 Å². The number of carbonyl (C=O) groups excluding carboxylic acids is 2. The van der Waals surface area contributed by atoms with Gasteiger partial charge in [0.15, 0.2) is 11.5 Å². The molecule has 1 saturated carbocycles. The molecule has 25 heavy (non-hydrogen) atoms. The van der Waals surface area contributed by atoms with Crippen LogP contribution in [0.4, 0.5) is 10.5 Å². The fourth-order valence-corrected chi connectivity index (χ4v) is 3.78. The van der Waals surface area contributed by atoms with Crippen molar-refractivity contribution in [3.63, 3.8) is 0 Å². The average Bonchev–Trinajstić information content (AvgIpc) is 2.90. The third-order valence-corrected chi connectivity index (χ3v) is 5.23. The largest absolute Gasteiger partial charge is 0.454 e. The van der Waals surface area contributed by atoms with E-state index in [4.69, 9.17) is 9.47 Å². The number of ether oxygens (including phenoxy) is 2. The molecule has 0 bridgehead atoms. The summed E-state index contributed by atoms with van der Waals surface area (Å²) >= 11 is 0. The van der Waals surface area contributed by atoms with Crippen molar-refractivity contribution in [2.24, 2.45) is 11.3 Å². The van der Waals surface area contributed by atoms with E-state index >= 15 is 0 Å². The Balaban J connectivity index is 1.35. The molecule has 0 radical (unpaired) electrons. The molecule has 2 heterocycles. The Bertz CT molecular complexity index is 720. The molecule has 7 heteroatoms. The number of hydrogen-bond acceptors (Lipinski definition) is 4. The van der Waals surface area contributed by atoms with Gasteiger partial charge in [-0.1, -0.05) is 0 Å². The zero-order valence-corrected chi connectivity index (χ0v) is 14.5. The van der Waals surface area contributed by atoms with Crippen molar-refractivity contribution in [2.45, 2.75) is 32.7 Å². The summed E-state index contributed by atoms with van der Waals surface area (Å²) in [4.78, 5) is 26.6. The molecular weight excluding hydrogens is 322 g/mol. The fourth-order valence-electron chi connectivity index (χ4n) is 3.78. The normalized spacial score (nSPS) is 26.2. The summed E-state index contributed by atoms with van der Waals surface area (Å²) in [6.45, 7) is 5.48. The number of urea groups is 1. The van der Waals surface area contributed by atoms with E-state index in [-0.39, 0.29) is 36.1 Å². The van der Waals surface area contributed by atoms with E-state index in [1.165, 1.54) is 0 Å². The van der Waals surface area contributed by atoms with E-state index in [2.05, 4.69) is 10.6 Å². The van der Waals surface area contributed by atoms with Gasteiger partial charge in [0, 0.05) is 42.2 Å². The Morgan fingerprint density at radius 3 is 2.88 bits per heavy atom. The van der Waals surface area contributed by atoms with Gasteiger partial charge in [0.05, 0.1) is 0 Å². The van der Waals surface area contributed by atoms with Gasteiger partial charge in [0.2, 0.25) is 12.7 Å². The van der Waals surface area contributed by atoms with Crippen LogP contribution >= 0.6 is 0 Å². The lowest BCUT2D eigenvalue weighted by Gasteiger charge is -2.19. The molecule has 2 N–H and O–H groups in total. The quantitative estimate of drug-likeness (QED) is 0.880. The van der Waals surface area contributed by atoms with Gasteiger partial charge in [-0.2, -0.15) is 0 Å². The minimum atomic E-state index is -0.0469. The van der Waals surface area contributed by atoms with E-state index < -0.39 is 0 Å². The molecule has 2 atom stereocenters. The minimum Gasteiger partial charge on any atom is -0.454 e. The molecule has 1 spiro atoms. The van der Waals surface area contributed by atoms with Crippen LogP contribution in [-0.4, -0.2) is 42.8 Å². The maximum absolute atomic E-state index is 12.6. The number of carbonyl (C=O) groups is 2. The first kappa shape index (κ1) is 16.1. The van der Waals surface area contributed by atoms with Crippen LogP contribution in [0.3, 0.4) is 0 Å². The van der Waals surface area contributed by atoms with Crippen molar-refractivity contribution < 1.29 is 19.1 Å². The molecule has 1 aromatic rings. The number of anilines is 1. The number of rotatable bonds is 3. The predicted molar refractivity (Wildman–Crippen MR) is 91.6 cm³/mol. The highest BCUT2D eigenvalue weighted by molar-refractivity contribution is 5.95. The van der Waals surface area contributed by atoms with Crippen molar-refractivity contribution in [2.75, 3.05) is 25.2 Å². The number of amides is 3. The number of benzene rings is 1. The van der Waals surface area contributed by atoms with Crippen LogP contribution < -0.4 is 20.1 Å². The first-order valence-corrected chi connectivity index (χ1v) is 8.73. The predicted octanol–water partition coefficient (Wildman–Crippen LogP) is 2.18. The van der Waals surface area contributed by atoms with Gasteiger partial charge >= 0.3 is 6.03 Å². The Hall–Kier alpha value is -2.44. The van der Waals surface area contributed by atoms with E-state index in [1.54, 1.807) is 12.1 Å². The summed E-state index contributed by atoms with van der Waals surface area (Å²) in [7, 11) is 0.